The average Bonchev–Trinajstić information content (AvgIpc) is 2.86. The summed E-state index contributed by atoms with van der Waals surface area (Å²) in [4.78, 5) is 50.7. The normalized spacial score (nSPS) is 16.2. The molecule has 0 bridgehead atoms. The fourth-order valence-corrected chi connectivity index (χ4v) is 3.00. The smallest absolute Gasteiger partial charge is 0.457 e. The Labute approximate surface area is 244 Å². The van der Waals surface area contributed by atoms with Gasteiger partial charge in [0, 0.05) is 0 Å². The van der Waals surface area contributed by atoms with Crippen LogP contribution in [0.1, 0.15) is 88.6 Å². The fraction of sp³-hybridized carbons (Fsp3) is 0.677. The van der Waals surface area contributed by atoms with Crippen molar-refractivity contribution in [3.63, 3.8) is 0 Å². The van der Waals surface area contributed by atoms with E-state index < -0.39 is 53.6 Å². The third kappa shape index (κ3) is 11.0. The van der Waals surface area contributed by atoms with Crippen LogP contribution >= 0.6 is 0 Å². The Morgan fingerprint density at radius 1 is 0.732 bits per heavy atom. The van der Waals surface area contributed by atoms with Gasteiger partial charge in [0.1, 0.15) is 17.7 Å². The van der Waals surface area contributed by atoms with Gasteiger partial charge in [0.25, 0.3) is 0 Å². The van der Waals surface area contributed by atoms with E-state index in [-0.39, 0.29) is 40.9 Å². The number of carbonyl (C=O) groups is 4. The Hall–Kier alpha value is -3.14. The van der Waals surface area contributed by atoms with Crippen molar-refractivity contribution in [1.29, 1.82) is 0 Å². The molecule has 0 aromatic heterocycles. The van der Waals surface area contributed by atoms with Crippen molar-refractivity contribution in [2.45, 2.75) is 101 Å². The van der Waals surface area contributed by atoms with Crippen LogP contribution in [0.4, 0.5) is 4.79 Å². The van der Waals surface area contributed by atoms with Gasteiger partial charge >= 0.3 is 24.1 Å². The highest BCUT2D eigenvalue weighted by molar-refractivity contribution is 5.83. The van der Waals surface area contributed by atoms with Gasteiger partial charge in [-0.05, 0) is 55.7 Å². The average molecular weight is 580 g/mol. The number of benzene rings is 1. The highest BCUT2D eigenvalue weighted by atomic mass is 16.7. The Kier molecular flexibility index (Phi) is 12.8. The predicted molar refractivity (Wildman–Crippen MR) is 154 cm³/mol. The molecule has 0 aliphatic heterocycles. The van der Waals surface area contributed by atoms with Gasteiger partial charge in [-0.25, -0.2) is 9.59 Å². The number of ether oxygens (including phenoxy) is 5. The minimum Gasteiger partial charge on any atom is -0.457 e. The first-order chi connectivity index (χ1) is 18.7. The second-order valence-electron chi connectivity index (χ2n) is 12.8. The zero-order chi connectivity index (χ0) is 31.9. The lowest BCUT2D eigenvalue weighted by molar-refractivity contribution is -0.160. The first-order valence-electron chi connectivity index (χ1n) is 14.1. The molecule has 2 N–H and O–H groups in total. The van der Waals surface area contributed by atoms with Gasteiger partial charge in [0.2, 0.25) is 0 Å². The van der Waals surface area contributed by atoms with Crippen molar-refractivity contribution in [2.75, 3.05) is 6.61 Å². The minimum absolute atomic E-state index is 0.00355. The molecule has 1 aromatic carbocycles. The van der Waals surface area contributed by atoms with Crippen LogP contribution < -0.4 is 15.2 Å². The molecule has 1 aromatic rings. The van der Waals surface area contributed by atoms with Crippen molar-refractivity contribution in [3.05, 3.63) is 23.8 Å². The summed E-state index contributed by atoms with van der Waals surface area (Å²) in [6.07, 6.45) is -2.54. The number of hydrogen-bond acceptors (Lipinski definition) is 10. The van der Waals surface area contributed by atoms with Crippen molar-refractivity contribution >= 4 is 24.1 Å². The molecule has 0 heterocycles. The molecule has 10 nitrogen and oxygen atoms in total. The Bertz CT molecular complexity index is 1070. The lowest BCUT2D eigenvalue weighted by Crippen LogP contribution is -2.46. The van der Waals surface area contributed by atoms with Crippen LogP contribution in [0.3, 0.4) is 0 Å². The van der Waals surface area contributed by atoms with Crippen molar-refractivity contribution in [3.8, 4) is 11.5 Å². The molecule has 232 valence electrons. The highest BCUT2D eigenvalue weighted by Crippen LogP contribution is 2.34. The lowest BCUT2D eigenvalue weighted by atomic mass is 9.92. The Morgan fingerprint density at radius 3 is 1.66 bits per heavy atom. The molecule has 0 fully saturated rings. The summed E-state index contributed by atoms with van der Waals surface area (Å²) >= 11 is 0. The highest BCUT2D eigenvalue weighted by Gasteiger charge is 2.36. The quantitative estimate of drug-likeness (QED) is 0.239. The number of esters is 3. The summed E-state index contributed by atoms with van der Waals surface area (Å²) in [5.41, 5.74) is 4.74. The number of rotatable bonds is 12. The zero-order valence-electron chi connectivity index (χ0n) is 26.7. The molecule has 1 rings (SSSR count). The lowest BCUT2D eigenvalue weighted by Gasteiger charge is -2.28. The maximum atomic E-state index is 13.2. The summed E-state index contributed by atoms with van der Waals surface area (Å²) < 4.78 is 27.1. The Morgan fingerprint density at radius 2 is 1.20 bits per heavy atom. The molecule has 0 aliphatic rings. The first kappa shape index (κ1) is 35.9. The van der Waals surface area contributed by atoms with E-state index in [4.69, 9.17) is 29.4 Å². The fourth-order valence-electron chi connectivity index (χ4n) is 3.00. The standard InChI is InChI=1S/C31H49NO9/c1-17(2)19(5)26(33)40-24-14-13-23(15-25(24)41-27(34)20(6)18(3)4)31(12,32)28(35)38-21(7)22(8)39-29(36)37-16-30(9,10)11/h13-15,17-22H,16,32H2,1-12H3/t19?,20?,21-,22-,31-/m0/s1. The van der Waals surface area contributed by atoms with Gasteiger partial charge < -0.3 is 29.4 Å². The number of nitrogens with two attached hydrogens (primary N) is 1. The molecular weight excluding hydrogens is 530 g/mol. The molecule has 41 heavy (non-hydrogen) atoms. The molecule has 5 atom stereocenters. The van der Waals surface area contributed by atoms with E-state index in [0.717, 1.165) is 0 Å². The molecule has 0 saturated heterocycles. The second-order valence-corrected chi connectivity index (χ2v) is 12.8. The zero-order valence-corrected chi connectivity index (χ0v) is 26.7. The molecule has 0 saturated carbocycles. The summed E-state index contributed by atoms with van der Waals surface area (Å²) in [6.45, 7) is 21.5. The summed E-state index contributed by atoms with van der Waals surface area (Å²) in [7, 11) is 0. The molecular formula is C31H49NO9. The van der Waals surface area contributed by atoms with Gasteiger partial charge in [-0.3, -0.25) is 9.59 Å². The van der Waals surface area contributed by atoms with Crippen LogP contribution in [0.15, 0.2) is 18.2 Å². The molecule has 0 aliphatic carbocycles. The van der Waals surface area contributed by atoms with Crippen LogP contribution in [-0.4, -0.2) is 42.9 Å². The van der Waals surface area contributed by atoms with E-state index in [1.54, 1.807) is 27.7 Å². The summed E-state index contributed by atoms with van der Waals surface area (Å²) in [5, 5.41) is 0. The van der Waals surface area contributed by atoms with Gasteiger partial charge in [0.15, 0.2) is 11.5 Å². The van der Waals surface area contributed by atoms with Crippen LogP contribution in [0.5, 0.6) is 11.5 Å². The van der Waals surface area contributed by atoms with Crippen molar-refractivity contribution in [1.82, 2.24) is 0 Å². The summed E-state index contributed by atoms with van der Waals surface area (Å²) in [5.74, 6) is -2.64. The molecule has 2 unspecified atom stereocenters. The number of carbonyl (C=O) groups excluding carboxylic acids is 4. The van der Waals surface area contributed by atoms with E-state index in [1.165, 1.54) is 25.1 Å². The molecule has 0 amide bonds. The van der Waals surface area contributed by atoms with E-state index in [1.807, 2.05) is 48.5 Å². The third-order valence-corrected chi connectivity index (χ3v) is 6.99. The maximum Gasteiger partial charge on any atom is 0.508 e. The van der Waals surface area contributed by atoms with Crippen LogP contribution in [0.2, 0.25) is 0 Å². The van der Waals surface area contributed by atoms with Gasteiger partial charge in [-0.2, -0.15) is 0 Å². The van der Waals surface area contributed by atoms with E-state index >= 15 is 0 Å². The minimum atomic E-state index is -1.70. The largest absolute Gasteiger partial charge is 0.508 e. The van der Waals surface area contributed by atoms with Gasteiger partial charge in [-0.15, -0.1) is 0 Å². The Balaban J connectivity index is 3.18. The van der Waals surface area contributed by atoms with E-state index in [2.05, 4.69) is 0 Å². The second kappa shape index (κ2) is 14.7. The van der Waals surface area contributed by atoms with Crippen LogP contribution in [-0.2, 0) is 34.1 Å². The SMILES string of the molecule is CC(C)C(C)C(=O)Oc1ccc([C@](C)(N)C(=O)O[C@@H](C)[C@H](C)OC(=O)OCC(C)(C)C)cc1OC(=O)C(C)C(C)C. The topological polar surface area (TPSA) is 140 Å². The first-order valence-corrected chi connectivity index (χ1v) is 14.1. The monoisotopic (exact) mass is 579 g/mol. The van der Waals surface area contributed by atoms with Gasteiger partial charge in [-0.1, -0.05) is 68.4 Å². The molecule has 0 radical (unpaired) electrons. The van der Waals surface area contributed by atoms with Crippen molar-refractivity contribution < 1.29 is 42.9 Å². The van der Waals surface area contributed by atoms with E-state index in [0.29, 0.717) is 0 Å². The van der Waals surface area contributed by atoms with Crippen molar-refractivity contribution in [2.24, 2.45) is 34.8 Å². The van der Waals surface area contributed by atoms with Gasteiger partial charge in [0.05, 0.1) is 18.4 Å². The molecule has 0 spiro atoms. The van der Waals surface area contributed by atoms with Crippen LogP contribution in [0, 0.1) is 29.1 Å². The third-order valence-electron chi connectivity index (χ3n) is 6.99. The van der Waals surface area contributed by atoms with E-state index in [9.17, 15) is 19.2 Å². The van der Waals surface area contributed by atoms with Crippen LogP contribution in [0.25, 0.3) is 0 Å². The predicted octanol–water partition coefficient (Wildman–Crippen LogP) is 5.78. The summed E-state index contributed by atoms with van der Waals surface area (Å²) in [6, 6.07) is 4.33. The maximum absolute atomic E-state index is 13.2. The number of hydrogen-bond donors (Lipinski definition) is 1. The molecule has 10 heteroatoms.